The molecule has 238 valence electrons. The Labute approximate surface area is 270 Å². The van der Waals surface area contributed by atoms with E-state index in [1.54, 1.807) is 54.0 Å². The van der Waals surface area contributed by atoms with Crippen molar-refractivity contribution in [3.05, 3.63) is 84.1 Å². The van der Waals surface area contributed by atoms with Gasteiger partial charge in [-0.15, -0.1) is 11.3 Å². The molecule has 0 atom stereocenters. The Kier molecular flexibility index (Phi) is 9.72. The fraction of sp³-hybridized carbons (Fsp3) is 0.226. The third-order valence-corrected chi connectivity index (χ3v) is 8.43. The standard InChI is InChI=1S/C31H31N7O6S2/c1-31(2,3)20-10-12-21(13-11-20)46(40,41)38-26-25(44-23-9-6-5-8-22(23)42-4)29(37-28(36-26)27-32-15-7-16-33-27)43-18-14-24(39)35-30-34-17-19-45-30/h5-13,15-17,19H,14,18H2,1-4H3,(H,34,35,39)(H,36,37,38). The normalized spacial score (nSPS) is 11.5. The summed E-state index contributed by atoms with van der Waals surface area (Å²) in [4.78, 5) is 33.9. The molecule has 46 heavy (non-hydrogen) atoms. The average Bonchev–Trinajstić information content (AvgIpc) is 3.55. The van der Waals surface area contributed by atoms with Crippen molar-refractivity contribution in [2.75, 3.05) is 23.8 Å². The molecule has 0 aliphatic rings. The molecule has 0 aliphatic heterocycles. The lowest BCUT2D eigenvalue weighted by molar-refractivity contribution is -0.116. The van der Waals surface area contributed by atoms with Crippen LogP contribution in [0.25, 0.3) is 11.6 Å². The third-order valence-electron chi connectivity index (χ3n) is 6.39. The van der Waals surface area contributed by atoms with E-state index in [4.69, 9.17) is 14.2 Å². The van der Waals surface area contributed by atoms with E-state index >= 15 is 0 Å². The van der Waals surface area contributed by atoms with Gasteiger partial charge in [-0.1, -0.05) is 45.0 Å². The number of sulfonamides is 1. The number of anilines is 2. The molecule has 5 aromatic rings. The van der Waals surface area contributed by atoms with E-state index in [0.717, 1.165) is 5.56 Å². The molecule has 0 saturated carbocycles. The zero-order valence-electron chi connectivity index (χ0n) is 25.4. The van der Waals surface area contributed by atoms with Crippen molar-refractivity contribution >= 4 is 38.2 Å². The number of aromatic nitrogens is 5. The fourth-order valence-electron chi connectivity index (χ4n) is 4.04. The van der Waals surface area contributed by atoms with Gasteiger partial charge in [0.2, 0.25) is 17.5 Å². The molecule has 5 rings (SSSR count). The molecule has 2 aromatic carbocycles. The highest BCUT2D eigenvalue weighted by atomic mass is 32.2. The van der Waals surface area contributed by atoms with Crippen molar-refractivity contribution in [3.63, 3.8) is 0 Å². The number of hydrogen-bond acceptors (Lipinski definition) is 12. The van der Waals surface area contributed by atoms with Crippen molar-refractivity contribution in [2.24, 2.45) is 0 Å². The van der Waals surface area contributed by atoms with E-state index in [-0.39, 0.29) is 64.1 Å². The molecule has 0 spiro atoms. The minimum atomic E-state index is -4.20. The molecular weight excluding hydrogens is 631 g/mol. The molecule has 2 N–H and O–H groups in total. The molecule has 3 aromatic heterocycles. The number of nitrogens with one attached hydrogen (secondary N) is 2. The first-order chi connectivity index (χ1) is 22.0. The van der Waals surface area contributed by atoms with Gasteiger partial charge >= 0.3 is 0 Å². The van der Waals surface area contributed by atoms with E-state index in [1.807, 2.05) is 20.8 Å². The number of para-hydroxylation sites is 2. The number of carbonyl (C=O) groups excluding carboxylic acids is 1. The van der Waals surface area contributed by atoms with Gasteiger partial charge in [-0.25, -0.2) is 28.4 Å². The second kappa shape index (κ2) is 13.9. The Hall–Kier alpha value is -5.15. The van der Waals surface area contributed by atoms with Crippen molar-refractivity contribution in [3.8, 4) is 34.8 Å². The van der Waals surface area contributed by atoms with Crippen LogP contribution in [0.5, 0.6) is 23.1 Å². The first kappa shape index (κ1) is 32.2. The van der Waals surface area contributed by atoms with Crippen molar-refractivity contribution < 1.29 is 27.4 Å². The summed E-state index contributed by atoms with van der Waals surface area (Å²) in [7, 11) is -2.73. The molecule has 3 heterocycles. The highest BCUT2D eigenvalue weighted by Gasteiger charge is 2.26. The number of carbonyl (C=O) groups is 1. The lowest BCUT2D eigenvalue weighted by atomic mass is 9.87. The Balaban J connectivity index is 1.56. The van der Waals surface area contributed by atoms with Crippen LogP contribution >= 0.6 is 11.3 Å². The van der Waals surface area contributed by atoms with Crippen LogP contribution in [0, 0.1) is 0 Å². The Morgan fingerprint density at radius 3 is 2.26 bits per heavy atom. The van der Waals surface area contributed by atoms with Gasteiger partial charge in [-0.3, -0.25) is 9.52 Å². The van der Waals surface area contributed by atoms with Gasteiger partial charge in [0, 0.05) is 24.0 Å². The molecule has 15 heteroatoms. The topological polar surface area (TPSA) is 167 Å². The van der Waals surface area contributed by atoms with Crippen molar-refractivity contribution in [2.45, 2.75) is 37.5 Å². The highest BCUT2D eigenvalue weighted by molar-refractivity contribution is 7.92. The van der Waals surface area contributed by atoms with Gasteiger partial charge in [-0.05, 0) is 41.3 Å². The molecule has 1 amide bonds. The number of ether oxygens (including phenoxy) is 3. The molecule has 0 aliphatic carbocycles. The van der Waals surface area contributed by atoms with Crippen LogP contribution < -0.4 is 24.2 Å². The summed E-state index contributed by atoms with van der Waals surface area (Å²) in [6.45, 7) is 5.96. The van der Waals surface area contributed by atoms with Gasteiger partial charge in [0.1, 0.15) is 0 Å². The van der Waals surface area contributed by atoms with Crippen LogP contribution in [0.1, 0.15) is 32.8 Å². The Bertz CT molecular complexity index is 1900. The predicted molar refractivity (Wildman–Crippen MR) is 173 cm³/mol. The predicted octanol–water partition coefficient (Wildman–Crippen LogP) is 5.70. The second-order valence-electron chi connectivity index (χ2n) is 10.7. The summed E-state index contributed by atoms with van der Waals surface area (Å²) in [6, 6.07) is 14.9. The fourth-order valence-corrected chi connectivity index (χ4v) is 5.59. The summed E-state index contributed by atoms with van der Waals surface area (Å²) < 4.78 is 47.6. The molecule has 0 saturated heterocycles. The number of nitrogens with zero attached hydrogens (tertiary/aromatic N) is 5. The number of methoxy groups -OCH3 is 1. The van der Waals surface area contributed by atoms with Crippen LogP contribution in [0.4, 0.5) is 10.9 Å². The monoisotopic (exact) mass is 661 g/mol. The smallest absolute Gasteiger partial charge is 0.263 e. The number of thiazole rings is 1. The minimum Gasteiger partial charge on any atom is -0.493 e. The largest absolute Gasteiger partial charge is 0.493 e. The lowest BCUT2D eigenvalue weighted by Gasteiger charge is -2.20. The van der Waals surface area contributed by atoms with Crippen LogP contribution in [-0.2, 0) is 20.2 Å². The number of hydrogen-bond donors (Lipinski definition) is 2. The minimum absolute atomic E-state index is 0.00110. The molecule has 13 nitrogen and oxygen atoms in total. The third kappa shape index (κ3) is 7.92. The van der Waals surface area contributed by atoms with Crippen molar-refractivity contribution in [1.29, 1.82) is 0 Å². The van der Waals surface area contributed by atoms with Crippen molar-refractivity contribution in [1.82, 2.24) is 24.9 Å². The molecule has 0 radical (unpaired) electrons. The van der Waals surface area contributed by atoms with E-state index in [9.17, 15) is 13.2 Å². The van der Waals surface area contributed by atoms with Gasteiger partial charge in [0.25, 0.3) is 15.9 Å². The molecule has 0 fully saturated rings. The zero-order valence-corrected chi connectivity index (χ0v) is 27.1. The highest BCUT2D eigenvalue weighted by Crippen LogP contribution is 2.41. The van der Waals surface area contributed by atoms with Gasteiger partial charge < -0.3 is 19.5 Å². The SMILES string of the molecule is COc1ccccc1Oc1c(NS(=O)(=O)c2ccc(C(C)(C)C)cc2)nc(-c2ncccn2)nc1OCCC(=O)Nc1nccs1. The quantitative estimate of drug-likeness (QED) is 0.168. The van der Waals surface area contributed by atoms with Crippen LogP contribution in [-0.4, -0.2) is 53.0 Å². The number of benzene rings is 2. The van der Waals surface area contributed by atoms with Gasteiger partial charge in [-0.2, -0.15) is 4.98 Å². The average molecular weight is 662 g/mol. The maximum Gasteiger partial charge on any atom is 0.263 e. The van der Waals surface area contributed by atoms with E-state index in [0.29, 0.717) is 10.9 Å². The Morgan fingerprint density at radius 1 is 0.891 bits per heavy atom. The molecule has 0 bridgehead atoms. The second-order valence-corrected chi connectivity index (χ2v) is 13.3. The first-order valence-electron chi connectivity index (χ1n) is 14.0. The summed E-state index contributed by atoms with van der Waals surface area (Å²) >= 11 is 1.28. The molecule has 0 unspecified atom stereocenters. The first-order valence-corrected chi connectivity index (χ1v) is 16.4. The van der Waals surface area contributed by atoms with Gasteiger partial charge in [0.05, 0.1) is 25.0 Å². The summed E-state index contributed by atoms with van der Waals surface area (Å²) in [5.41, 5.74) is 0.790. The number of rotatable bonds is 12. The summed E-state index contributed by atoms with van der Waals surface area (Å²) in [5, 5.41) is 4.87. The maximum absolute atomic E-state index is 13.7. The molecular formula is C31H31N7O6S2. The van der Waals surface area contributed by atoms with Gasteiger partial charge in [0.15, 0.2) is 28.3 Å². The summed E-state index contributed by atoms with van der Waals surface area (Å²) in [6.07, 6.45) is 4.49. The number of amides is 1. The van der Waals surface area contributed by atoms with Crippen LogP contribution in [0.15, 0.2) is 83.5 Å². The van der Waals surface area contributed by atoms with E-state index in [1.165, 1.54) is 43.0 Å². The zero-order chi connectivity index (χ0) is 32.7. The Morgan fingerprint density at radius 2 is 1.61 bits per heavy atom. The van der Waals surface area contributed by atoms with Crippen LogP contribution in [0.3, 0.4) is 0 Å². The maximum atomic E-state index is 13.7. The summed E-state index contributed by atoms with van der Waals surface area (Å²) in [5.74, 6) is -0.265. The van der Waals surface area contributed by atoms with Crippen LogP contribution in [0.2, 0.25) is 0 Å². The van der Waals surface area contributed by atoms with E-state index < -0.39 is 10.0 Å². The lowest BCUT2D eigenvalue weighted by Crippen LogP contribution is -2.18. The van der Waals surface area contributed by atoms with E-state index in [2.05, 4.69) is 35.0 Å².